The van der Waals surface area contributed by atoms with Crippen LogP contribution in [0.1, 0.15) is 35.6 Å². The van der Waals surface area contributed by atoms with Crippen molar-refractivity contribution in [3.8, 4) is 0 Å². The average Bonchev–Trinajstić information content (AvgIpc) is 2.22. The van der Waals surface area contributed by atoms with Crippen LogP contribution in [0.15, 0.2) is 18.2 Å². The Labute approximate surface area is 91.9 Å². The number of nitrogens with one attached hydrogen (secondary N) is 1. The standard InChI is InChI=1S/C13H20N2/c1-9-3-4-10(2)12(7-9)13-8-11(14)5-6-15-13/h3-4,7,11,13,15H,5-6,8,14H2,1-2H3/t11-,13+/m1/s1. The van der Waals surface area contributed by atoms with E-state index in [9.17, 15) is 0 Å². The Morgan fingerprint density at radius 2 is 2.13 bits per heavy atom. The molecule has 0 saturated carbocycles. The lowest BCUT2D eigenvalue weighted by Gasteiger charge is -2.29. The van der Waals surface area contributed by atoms with Gasteiger partial charge < -0.3 is 11.1 Å². The zero-order valence-corrected chi connectivity index (χ0v) is 9.59. The third kappa shape index (κ3) is 2.39. The van der Waals surface area contributed by atoms with Crippen LogP contribution in [-0.2, 0) is 0 Å². The summed E-state index contributed by atoms with van der Waals surface area (Å²) in [6, 6.07) is 7.46. The number of piperidine rings is 1. The molecule has 1 aromatic carbocycles. The Morgan fingerprint density at radius 3 is 2.87 bits per heavy atom. The number of hydrogen-bond donors (Lipinski definition) is 2. The minimum absolute atomic E-state index is 0.358. The molecule has 82 valence electrons. The van der Waals surface area contributed by atoms with Crippen molar-refractivity contribution in [2.75, 3.05) is 6.54 Å². The lowest BCUT2D eigenvalue weighted by atomic mass is 9.91. The van der Waals surface area contributed by atoms with Gasteiger partial charge in [-0.05, 0) is 44.4 Å². The number of benzene rings is 1. The summed E-state index contributed by atoms with van der Waals surface area (Å²) >= 11 is 0. The molecule has 2 atom stereocenters. The first-order valence-corrected chi connectivity index (χ1v) is 5.73. The molecule has 0 aromatic heterocycles. The van der Waals surface area contributed by atoms with Crippen LogP contribution in [0.5, 0.6) is 0 Å². The van der Waals surface area contributed by atoms with Gasteiger partial charge in [-0.3, -0.25) is 0 Å². The van der Waals surface area contributed by atoms with E-state index in [1.54, 1.807) is 0 Å². The molecule has 1 heterocycles. The second kappa shape index (κ2) is 4.33. The van der Waals surface area contributed by atoms with Crippen molar-refractivity contribution in [1.29, 1.82) is 0 Å². The summed E-state index contributed by atoms with van der Waals surface area (Å²) in [5.74, 6) is 0. The number of hydrogen-bond acceptors (Lipinski definition) is 2. The summed E-state index contributed by atoms with van der Waals surface area (Å²) in [6.07, 6.45) is 2.16. The van der Waals surface area contributed by atoms with Gasteiger partial charge in [0.05, 0.1) is 0 Å². The molecule has 0 amide bonds. The van der Waals surface area contributed by atoms with Crippen LogP contribution >= 0.6 is 0 Å². The molecule has 1 aliphatic rings. The van der Waals surface area contributed by atoms with E-state index in [4.69, 9.17) is 5.73 Å². The van der Waals surface area contributed by atoms with Gasteiger partial charge in [-0.1, -0.05) is 23.8 Å². The normalized spacial score (nSPS) is 26.6. The quantitative estimate of drug-likeness (QED) is 0.735. The van der Waals surface area contributed by atoms with Crippen LogP contribution in [0.2, 0.25) is 0 Å². The van der Waals surface area contributed by atoms with Crippen molar-refractivity contribution < 1.29 is 0 Å². The molecule has 1 aliphatic heterocycles. The highest BCUT2D eigenvalue weighted by molar-refractivity contribution is 5.33. The lowest BCUT2D eigenvalue weighted by molar-refractivity contribution is 0.368. The summed E-state index contributed by atoms with van der Waals surface area (Å²) in [4.78, 5) is 0. The van der Waals surface area contributed by atoms with Gasteiger partial charge in [0.1, 0.15) is 0 Å². The predicted octanol–water partition coefficient (Wildman–Crippen LogP) is 2.06. The fourth-order valence-electron chi connectivity index (χ4n) is 2.32. The second-order valence-electron chi connectivity index (χ2n) is 4.65. The maximum Gasteiger partial charge on any atom is 0.0337 e. The molecule has 2 heteroatoms. The van der Waals surface area contributed by atoms with E-state index in [1.807, 2.05) is 0 Å². The van der Waals surface area contributed by atoms with Gasteiger partial charge in [-0.25, -0.2) is 0 Å². The van der Waals surface area contributed by atoms with E-state index in [1.165, 1.54) is 16.7 Å². The molecule has 1 saturated heterocycles. The van der Waals surface area contributed by atoms with Crippen molar-refractivity contribution in [3.63, 3.8) is 0 Å². The van der Waals surface area contributed by atoms with Crippen molar-refractivity contribution in [2.45, 2.75) is 38.8 Å². The molecule has 1 aromatic rings. The SMILES string of the molecule is Cc1ccc(C)c([C@@H]2C[C@H](N)CCN2)c1. The zero-order valence-electron chi connectivity index (χ0n) is 9.59. The van der Waals surface area contributed by atoms with Crippen molar-refractivity contribution in [3.05, 3.63) is 34.9 Å². The summed E-state index contributed by atoms with van der Waals surface area (Å²) < 4.78 is 0. The second-order valence-corrected chi connectivity index (χ2v) is 4.65. The molecule has 0 bridgehead atoms. The first kappa shape index (κ1) is 10.7. The van der Waals surface area contributed by atoms with E-state index in [2.05, 4.69) is 37.4 Å². The molecule has 3 N–H and O–H groups in total. The van der Waals surface area contributed by atoms with Gasteiger partial charge in [-0.15, -0.1) is 0 Å². The lowest BCUT2D eigenvalue weighted by Crippen LogP contribution is -2.38. The Morgan fingerprint density at radius 1 is 1.33 bits per heavy atom. The fourth-order valence-corrected chi connectivity index (χ4v) is 2.32. The predicted molar refractivity (Wildman–Crippen MR) is 63.9 cm³/mol. The zero-order chi connectivity index (χ0) is 10.8. The van der Waals surface area contributed by atoms with Crippen LogP contribution in [0.25, 0.3) is 0 Å². The molecule has 15 heavy (non-hydrogen) atoms. The Hall–Kier alpha value is -0.860. The molecular formula is C13H20N2. The summed E-state index contributed by atoms with van der Waals surface area (Å²) in [7, 11) is 0. The number of rotatable bonds is 1. The van der Waals surface area contributed by atoms with Gasteiger partial charge in [0.2, 0.25) is 0 Å². The van der Waals surface area contributed by atoms with Gasteiger partial charge in [-0.2, -0.15) is 0 Å². The summed E-state index contributed by atoms with van der Waals surface area (Å²) in [5, 5.41) is 3.55. The topological polar surface area (TPSA) is 38.0 Å². The molecule has 2 rings (SSSR count). The van der Waals surface area contributed by atoms with Gasteiger partial charge in [0.15, 0.2) is 0 Å². The molecule has 0 aliphatic carbocycles. The minimum atomic E-state index is 0.358. The minimum Gasteiger partial charge on any atom is -0.328 e. The smallest absolute Gasteiger partial charge is 0.0337 e. The van der Waals surface area contributed by atoms with E-state index in [-0.39, 0.29) is 0 Å². The third-order valence-electron chi connectivity index (χ3n) is 3.25. The Balaban J connectivity index is 2.24. The van der Waals surface area contributed by atoms with Crippen LogP contribution in [0, 0.1) is 13.8 Å². The Bertz CT molecular complexity index is 346. The highest BCUT2D eigenvalue weighted by Crippen LogP contribution is 2.25. The largest absolute Gasteiger partial charge is 0.328 e. The monoisotopic (exact) mass is 204 g/mol. The van der Waals surface area contributed by atoms with Crippen LogP contribution in [0.3, 0.4) is 0 Å². The first-order valence-electron chi connectivity index (χ1n) is 5.73. The summed E-state index contributed by atoms with van der Waals surface area (Å²) in [5.41, 5.74) is 10.1. The van der Waals surface area contributed by atoms with Crippen molar-refractivity contribution >= 4 is 0 Å². The van der Waals surface area contributed by atoms with E-state index >= 15 is 0 Å². The van der Waals surface area contributed by atoms with Crippen LogP contribution in [0.4, 0.5) is 0 Å². The van der Waals surface area contributed by atoms with Gasteiger partial charge in [0.25, 0.3) is 0 Å². The average molecular weight is 204 g/mol. The van der Waals surface area contributed by atoms with E-state index in [0.29, 0.717) is 12.1 Å². The van der Waals surface area contributed by atoms with Gasteiger partial charge >= 0.3 is 0 Å². The molecule has 0 spiro atoms. The summed E-state index contributed by atoms with van der Waals surface area (Å²) in [6.45, 7) is 5.36. The van der Waals surface area contributed by atoms with Gasteiger partial charge in [0, 0.05) is 12.1 Å². The van der Waals surface area contributed by atoms with Crippen molar-refractivity contribution in [2.24, 2.45) is 5.73 Å². The highest BCUT2D eigenvalue weighted by atomic mass is 14.9. The molecule has 0 radical (unpaired) electrons. The molecular weight excluding hydrogens is 184 g/mol. The first-order chi connectivity index (χ1) is 7.16. The maximum atomic E-state index is 6.01. The number of aryl methyl sites for hydroxylation is 2. The van der Waals surface area contributed by atoms with E-state index < -0.39 is 0 Å². The highest BCUT2D eigenvalue weighted by Gasteiger charge is 2.21. The van der Waals surface area contributed by atoms with Crippen LogP contribution in [-0.4, -0.2) is 12.6 Å². The van der Waals surface area contributed by atoms with Crippen molar-refractivity contribution in [1.82, 2.24) is 5.32 Å². The number of nitrogens with two attached hydrogens (primary N) is 1. The third-order valence-corrected chi connectivity index (χ3v) is 3.25. The molecule has 1 fully saturated rings. The molecule has 0 unspecified atom stereocenters. The maximum absolute atomic E-state index is 6.01. The van der Waals surface area contributed by atoms with Crippen LogP contribution < -0.4 is 11.1 Å². The fraction of sp³-hybridized carbons (Fsp3) is 0.538. The molecule has 2 nitrogen and oxygen atoms in total. The van der Waals surface area contributed by atoms with E-state index in [0.717, 1.165) is 19.4 Å². The Kier molecular flexibility index (Phi) is 3.08.